The van der Waals surface area contributed by atoms with Crippen LogP contribution < -0.4 is 5.32 Å². The van der Waals surface area contributed by atoms with E-state index in [1.54, 1.807) is 6.20 Å². The standard InChI is InChI=1S/C14H12N4O/c1-15-12-8-7-11(9-16-12)13-17-14(19-18-13)10-5-3-2-4-6-10/h2-9H,1H3,(H,15,16). The predicted octanol–water partition coefficient (Wildman–Crippen LogP) is 2.84. The number of aromatic nitrogens is 3. The highest BCUT2D eigenvalue weighted by Gasteiger charge is 2.10. The molecule has 0 radical (unpaired) electrons. The first kappa shape index (κ1) is 11.4. The molecule has 0 spiro atoms. The van der Waals surface area contributed by atoms with Crippen LogP contribution in [0.4, 0.5) is 5.82 Å². The van der Waals surface area contributed by atoms with E-state index in [2.05, 4.69) is 20.4 Å². The largest absolute Gasteiger partial charge is 0.373 e. The average molecular weight is 252 g/mol. The first-order valence-electron chi connectivity index (χ1n) is 5.90. The van der Waals surface area contributed by atoms with Crippen LogP contribution in [0.25, 0.3) is 22.8 Å². The van der Waals surface area contributed by atoms with Crippen LogP contribution >= 0.6 is 0 Å². The maximum Gasteiger partial charge on any atom is 0.258 e. The molecule has 1 N–H and O–H groups in total. The molecule has 0 aliphatic rings. The second kappa shape index (κ2) is 4.89. The van der Waals surface area contributed by atoms with Crippen molar-refractivity contribution in [2.24, 2.45) is 0 Å². The van der Waals surface area contributed by atoms with Gasteiger partial charge in [-0.3, -0.25) is 0 Å². The number of hydrogen-bond acceptors (Lipinski definition) is 5. The van der Waals surface area contributed by atoms with Gasteiger partial charge in [0.1, 0.15) is 5.82 Å². The van der Waals surface area contributed by atoms with Crippen LogP contribution in [-0.2, 0) is 0 Å². The van der Waals surface area contributed by atoms with Crippen LogP contribution in [0.1, 0.15) is 0 Å². The summed E-state index contributed by atoms with van der Waals surface area (Å²) in [5.74, 6) is 1.85. The Morgan fingerprint density at radius 1 is 1.00 bits per heavy atom. The van der Waals surface area contributed by atoms with Gasteiger partial charge in [0.2, 0.25) is 5.82 Å². The molecule has 0 unspecified atom stereocenters. The van der Waals surface area contributed by atoms with E-state index in [1.807, 2.05) is 49.5 Å². The summed E-state index contributed by atoms with van der Waals surface area (Å²) in [4.78, 5) is 8.59. The molecule has 3 rings (SSSR count). The minimum atomic E-state index is 0.508. The lowest BCUT2D eigenvalue weighted by Crippen LogP contribution is -1.91. The van der Waals surface area contributed by atoms with Crippen molar-refractivity contribution in [2.45, 2.75) is 0 Å². The monoisotopic (exact) mass is 252 g/mol. The van der Waals surface area contributed by atoms with Crippen LogP contribution in [-0.4, -0.2) is 22.2 Å². The van der Waals surface area contributed by atoms with Crippen LogP contribution in [0.3, 0.4) is 0 Å². The fraction of sp³-hybridized carbons (Fsp3) is 0.0714. The first-order valence-corrected chi connectivity index (χ1v) is 5.90. The number of benzene rings is 1. The smallest absolute Gasteiger partial charge is 0.258 e. The summed E-state index contributed by atoms with van der Waals surface area (Å²) >= 11 is 0. The number of anilines is 1. The maximum absolute atomic E-state index is 5.26. The van der Waals surface area contributed by atoms with Crippen molar-refractivity contribution in [3.05, 3.63) is 48.7 Å². The third kappa shape index (κ3) is 2.30. The Bertz CT molecular complexity index is 661. The molecule has 94 valence electrons. The highest BCUT2D eigenvalue weighted by molar-refractivity contribution is 5.59. The van der Waals surface area contributed by atoms with E-state index in [0.29, 0.717) is 11.7 Å². The summed E-state index contributed by atoms with van der Waals surface area (Å²) in [5, 5.41) is 6.93. The van der Waals surface area contributed by atoms with Gasteiger partial charge in [-0.15, -0.1) is 0 Å². The molecule has 2 aromatic heterocycles. The molecule has 0 aliphatic heterocycles. The zero-order chi connectivity index (χ0) is 13.1. The lowest BCUT2D eigenvalue weighted by atomic mass is 10.2. The molecule has 3 aromatic rings. The van der Waals surface area contributed by atoms with Crippen LogP contribution in [0.5, 0.6) is 0 Å². The summed E-state index contributed by atoms with van der Waals surface area (Å²) in [6.07, 6.45) is 1.71. The Kier molecular flexibility index (Phi) is 2.94. The third-order valence-electron chi connectivity index (χ3n) is 2.72. The minimum absolute atomic E-state index is 0.508. The molecular weight excluding hydrogens is 240 g/mol. The van der Waals surface area contributed by atoms with Crippen LogP contribution in [0.2, 0.25) is 0 Å². The van der Waals surface area contributed by atoms with Gasteiger partial charge in [0.25, 0.3) is 5.89 Å². The molecule has 5 heteroatoms. The van der Waals surface area contributed by atoms with Crippen molar-refractivity contribution in [3.63, 3.8) is 0 Å². The summed E-state index contributed by atoms with van der Waals surface area (Å²) in [6.45, 7) is 0. The quantitative estimate of drug-likeness (QED) is 0.776. The van der Waals surface area contributed by atoms with Crippen LogP contribution in [0.15, 0.2) is 53.2 Å². The average Bonchev–Trinajstić information content (AvgIpc) is 2.98. The Morgan fingerprint density at radius 2 is 1.84 bits per heavy atom. The summed E-state index contributed by atoms with van der Waals surface area (Å²) < 4.78 is 5.26. The lowest BCUT2D eigenvalue weighted by molar-refractivity contribution is 0.432. The van der Waals surface area contributed by atoms with E-state index in [-0.39, 0.29) is 0 Å². The van der Waals surface area contributed by atoms with Crippen molar-refractivity contribution >= 4 is 5.82 Å². The Balaban J connectivity index is 1.92. The molecular formula is C14H12N4O. The van der Waals surface area contributed by atoms with Gasteiger partial charge >= 0.3 is 0 Å². The molecule has 0 aliphatic carbocycles. The van der Waals surface area contributed by atoms with E-state index in [4.69, 9.17) is 4.52 Å². The highest BCUT2D eigenvalue weighted by Crippen LogP contribution is 2.21. The summed E-state index contributed by atoms with van der Waals surface area (Å²) in [5.41, 5.74) is 1.73. The highest BCUT2D eigenvalue weighted by atomic mass is 16.5. The van der Waals surface area contributed by atoms with Crippen molar-refractivity contribution in [1.29, 1.82) is 0 Å². The predicted molar refractivity (Wildman–Crippen MR) is 72.5 cm³/mol. The van der Waals surface area contributed by atoms with Gasteiger partial charge in [0, 0.05) is 24.4 Å². The fourth-order valence-corrected chi connectivity index (χ4v) is 1.71. The number of rotatable bonds is 3. The Morgan fingerprint density at radius 3 is 2.53 bits per heavy atom. The second-order valence-corrected chi connectivity index (χ2v) is 3.97. The number of pyridine rings is 1. The first-order chi connectivity index (χ1) is 9.36. The zero-order valence-electron chi connectivity index (χ0n) is 10.4. The molecule has 0 atom stereocenters. The molecule has 0 saturated heterocycles. The van der Waals surface area contributed by atoms with E-state index in [0.717, 1.165) is 16.9 Å². The van der Waals surface area contributed by atoms with Gasteiger partial charge in [-0.2, -0.15) is 4.98 Å². The number of nitrogens with zero attached hydrogens (tertiary/aromatic N) is 3. The topological polar surface area (TPSA) is 63.8 Å². The van der Waals surface area contributed by atoms with E-state index >= 15 is 0 Å². The molecule has 0 amide bonds. The van der Waals surface area contributed by atoms with Gasteiger partial charge in [-0.05, 0) is 24.3 Å². The zero-order valence-corrected chi connectivity index (χ0v) is 10.4. The SMILES string of the molecule is CNc1ccc(-c2noc(-c3ccccc3)n2)cn1. The van der Waals surface area contributed by atoms with E-state index in [9.17, 15) is 0 Å². The molecule has 0 bridgehead atoms. The van der Waals surface area contributed by atoms with Crippen molar-refractivity contribution in [3.8, 4) is 22.8 Å². The summed E-state index contributed by atoms with van der Waals surface area (Å²) in [6, 6.07) is 13.4. The van der Waals surface area contributed by atoms with Gasteiger partial charge in [-0.1, -0.05) is 23.4 Å². The molecule has 0 fully saturated rings. The molecule has 0 saturated carbocycles. The van der Waals surface area contributed by atoms with E-state index < -0.39 is 0 Å². The Labute approximate surface area is 110 Å². The number of hydrogen-bond donors (Lipinski definition) is 1. The fourth-order valence-electron chi connectivity index (χ4n) is 1.71. The minimum Gasteiger partial charge on any atom is -0.373 e. The molecule has 1 aromatic carbocycles. The van der Waals surface area contributed by atoms with Crippen molar-refractivity contribution < 1.29 is 4.52 Å². The number of nitrogens with one attached hydrogen (secondary N) is 1. The second-order valence-electron chi connectivity index (χ2n) is 3.97. The van der Waals surface area contributed by atoms with Crippen molar-refractivity contribution in [1.82, 2.24) is 15.1 Å². The van der Waals surface area contributed by atoms with Gasteiger partial charge in [0.05, 0.1) is 0 Å². The molecule has 2 heterocycles. The molecule has 19 heavy (non-hydrogen) atoms. The molecule has 5 nitrogen and oxygen atoms in total. The van der Waals surface area contributed by atoms with Crippen LogP contribution in [0, 0.1) is 0 Å². The van der Waals surface area contributed by atoms with Gasteiger partial charge in [0.15, 0.2) is 0 Å². The van der Waals surface area contributed by atoms with E-state index in [1.165, 1.54) is 0 Å². The normalized spacial score (nSPS) is 10.4. The summed E-state index contributed by atoms with van der Waals surface area (Å²) in [7, 11) is 1.82. The van der Waals surface area contributed by atoms with Crippen molar-refractivity contribution in [2.75, 3.05) is 12.4 Å². The van der Waals surface area contributed by atoms with Gasteiger partial charge < -0.3 is 9.84 Å². The Hall–Kier alpha value is -2.69. The lowest BCUT2D eigenvalue weighted by Gasteiger charge is -1.98. The van der Waals surface area contributed by atoms with Gasteiger partial charge in [-0.25, -0.2) is 4.98 Å². The maximum atomic E-state index is 5.26. The third-order valence-corrected chi connectivity index (χ3v) is 2.72.